The molecule has 0 saturated heterocycles. The van der Waals surface area contributed by atoms with Crippen molar-refractivity contribution in [3.63, 3.8) is 0 Å². The Morgan fingerprint density at radius 3 is 2.52 bits per heavy atom. The lowest BCUT2D eigenvalue weighted by Gasteiger charge is -2.25. The summed E-state index contributed by atoms with van der Waals surface area (Å²) in [4.78, 5) is 13.1. The highest BCUT2D eigenvalue weighted by molar-refractivity contribution is 6.01. The first kappa shape index (κ1) is 21.2. The number of nitrogens with zero attached hydrogens (tertiary/aromatic N) is 1. The van der Waals surface area contributed by atoms with Crippen LogP contribution in [0.15, 0.2) is 66.7 Å². The minimum atomic E-state index is -0.0124. The standard InChI is InChI=1S/C27H29N5O/c28-22-12-10-18(11-13-22)27(33)31-25-15-19-8-9-20(26(29)30)14-24(19)32(25)16-21-6-3-5-17-4-1-2-7-23(17)21/h1-9,14-15,18,22H,10-13,16,28H2,(H3,29,30)(H,31,33)/t18-,22-. The molecule has 6 heteroatoms. The number of rotatable bonds is 5. The topological polar surface area (TPSA) is 110 Å². The Kier molecular flexibility index (Phi) is 5.60. The Bertz CT molecular complexity index is 1340. The number of nitrogens with two attached hydrogens (primary N) is 2. The summed E-state index contributed by atoms with van der Waals surface area (Å²) in [5.41, 5.74) is 14.6. The van der Waals surface area contributed by atoms with Crippen molar-refractivity contribution in [2.75, 3.05) is 5.32 Å². The van der Waals surface area contributed by atoms with Crippen LogP contribution in [0.4, 0.5) is 5.82 Å². The van der Waals surface area contributed by atoms with E-state index in [1.54, 1.807) is 0 Å². The minimum Gasteiger partial charge on any atom is -0.384 e. The van der Waals surface area contributed by atoms with Crippen molar-refractivity contribution in [3.05, 3.63) is 77.9 Å². The first-order valence-electron chi connectivity index (χ1n) is 11.5. The van der Waals surface area contributed by atoms with Crippen LogP contribution in [0.3, 0.4) is 0 Å². The molecule has 0 atom stereocenters. The van der Waals surface area contributed by atoms with E-state index in [0.717, 1.165) is 48.0 Å². The number of hydrogen-bond acceptors (Lipinski definition) is 3. The first-order valence-corrected chi connectivity index (χ1v) is 11.5. The number of aromatic nitrogens is 1. The molecule has 5 rings (SSSR count). The fourth-order valence-electron chi connectivity index (χ4n) is 4.91. The van der Waals surface area contributed by atoms with E-state index in [9.17, 15) is 4.79 Å². The molecule has 1 aliphatic rings. The number of amides is 1. The van der Waals surface area contributed by atoms with Gasteiger partial charge in [0.15, 0.2) is 0 Å². The van der Waals surface area contributed by atoms with Gasteiger partial charge in [-0.1, -0.05) is 54.6 Å². The second-order valence-electron chi connectivity index (χ2n) is 9.04. The van der Waals surface area contributed by atoms with Gasteiger partial charge in [0.25, 0.3) is 0 Å². The maximum atomic E-state index is 13.1. The second kappa shape index (κ2) is 8.71. The Balaban J connectivity index is 1.56. The van der Waals surface area contributed by atoms with E-state index in [0.29, 0.717) is 12.1 Å². The number of carbonyl (C=O) groups excluding carboxylic acids is 1. The molecule has 168 valence electrons. The minimum absolute atomic E-state index is 0.0124. The van der Waals surface area contributed by atoms with Gasteiger partial charge < -0.3 is 21.4 Å². The lowest BCUT2D eigenvalue weighted by Crippen LogP contribution is -2.32. The van der Waals surface area contributed by atoms with Crippen molar-refractivity contribution in [3.8, 4) is 0 Å². The van der Waals surface area contributed by atoms with Gasteiger partial charge >= 0.3 is 0 Å². The predicted molar refractivity (Wildman–Crippen MR) is 135 cm³/mol. The highest BCUT2D eigenvalue weighted by Gasteiger charge is 2.25. The third kappa shape index (κ3) is 4.22. The molecular formula is C27H29N5O. The molecule has 1 saturated carbocycles. The zero-order valence-corrected chi connectivity index (χ0v) is 18.6. The van der Waals surface area contributed by atoms with Crippen LogP contribution in [0.2, 0.25) is 0 Å². The van der Waals surface area contributed by atoms with E-state index >= 15 is 0 Å². The lowest BCUT2D eigenvalue weighted by atomic mass is 9.86. The van der Waals surface area contributed by atoms with Crippen LogP contribution in [0.1, 0.15) is 36.8 Å². The van der Waals surface area contributed by atoms with Crippen LogP contribution in [0.25, 0.3) is 21.7 Å². The summed E-state index contributed by atoms with van der Waals surface area (Å²) < 4.78 is 2.12. The molecule has 1 heterocycles. The largest absolute Gasteiger partial charge is 0.384 e. The molecule has 33 heavy (non-hydrogen) atoms. The van der Waals surface area contributed by atoms with Crippen molar-refractivity contribution in [2.24, 2.45) is 17.4 Å². The van der Waals surface area contributed by atoms with Gasteiger partial charge in [-0.2, -0.15) is 0 Å². The number of fused-ring (bicyclic) bond motifs is 2. The third-order valence-electron chi connectivity index (χ3n) is 6.82. The van der Waals surface area contributed by atoms with Gasteiger partial charge in [-0.15, -0.1) is 0 Å². The predicted octanol–water partition coefficient (Wildman–Crippen LogP) is 4.58. The van der Waals surface area contributed by atoms with Gasteiger partial charge in [-0.3, -0.25) is 10.2 Å². The second-order valence-corrected chi connectivity index (χ2v) is 9.04. The van der Waals surface area contributed by atoms with E-state index < -0.39 is 0 Å². The number of anilines is 1. The number of hydrogen-bond donors (Lipinski definition) is 4. The van der Waals surface area contributed by atoms with Crippen LogP contribution >= 0.6 is 0 Å². The highest BCUT2D eigenvalue weighted by Crippen LogP contribution is 2.30. The van der Waals surface area contributed by atoms with Crippen molar-refractivity contribution < 1.29 is 4.79 Å². The third-order valence-corrected chi connectivity index (χ3v) is 6.82. The number of nitrogens with one attached hydrogen (secondary N) is 2. The van der Waals surface area contributed by atoms with Crippen LogP contribution in [0.5, 0.6) is 0 Å². The number of carbonyl (C=O) groups is 1. The Hall–Kier alpha value is -3.64. The molecule has 0 radical (unpaired) electrons. The average Bonchev–Trinajstić information content (AvgIpc) is 3.15. The molecule has 0 unspecified atom stereocenters. The Morgan fingerprint density at radius 2 is 1.73 bits per heavy atom. The molecule has 0 spiro atoms. The van der Waals surface area contributed by atoms with Crippen LogP contribution in [-0.4, -0.2) is 22.4 Å². The van der Waals surface area contributed by atoms with Gasteiger partial charge in [-0.25, -0.2) is 0 Å². The van der Waals surface area contributed by atoms with E-state index in [-0.39, 0.29) is 23.7 Å². The van der Waals surface area contributed by atoms with Gasteiger partial charge in [0, 0.05) is 22.9 Å². The maximum absolute atomic E-state index is 13.1. The van der Waals surface area contributed by atoms with Gasteiger partial charge in [-0.05, 0) is 54.2 Å². The van der Waals surface area contributed by atoms with Crippen molar-refractivity contribution in [2.45, 2.75) is 38.3 Å². The monoisotopic (exact) mass is 439 g/mol. The maximum Gasteiger partial charge on any atom is 0.228 e. The van der Waals surface area contributed by atoms with E-state index in [2.05, 4.69) is 40.2 Å². The normalized spacial score (nSPS) is 18.5. The van der Waals surface area contributed by atoms with E-state index in [4.69, 9.17) is 16.9 Å². The number of amidine groups is 1. The first-order chi connectivity index (χ1) is 16.0. The summed E-state index contributed by atoms with van der Waals surface area (Å²) in [5.74, 6) is 0.828. The summed E-state index contributed by atoms with van der Waals surface area (Å²) in [5, 5.41) is 14.4. The fourth-order valence-corrected chi connectivity index (χ4v) is 4.91. The number of nitrogen functional groups attached to an aromatic ring is 1. The zero-order valence-electron chi connectivity index (χ0n) is 18.6. The summed E-state index contributed by atoms with van der Waals surface area (Å²) in [6.45, 7) is 0.595. The van der Waals surface area contributed by atoms with Crippen molar-refractivity contribution in [1.29, 1.82) is 5.41 Å². The van der Waals surface area contributed by atoms with E-state index in [1.807, 2.05) is 36.4 Å². The molecular weight excluding hydrogens is 410 g/mol. The molecule has 6 nitrogen and oxygen atoms in total. The molecule has 1 fully saturated rings. The quantitative estimate of drug-likeness (QED) is 0.270. The van der Waals surface area contributed by atoms with Gasteiger partial charge in [0.1, 0.15) is 11.7 Å². The van der Waals surface area contributed by atoms with Crippen LogP contribution < -0.4 is 16.8 Å². The molecule has 0 bridgehead atoms. The smallest absolute Gasteiger partial charge is 0.228 e. The van der Waals surface area contributed by atoms with Crippen LogP contribution in [-0.2, 0) is 11.3 Å². The molecule has 1 aromatic heterocycles. The van der Waals surface area contributed by atoms with Crippen molar-refractivity contribution in [1.82, 2.24) is 4.57 Å². The van der Waals surface area contributed by atoms with Crippen LogP contribution in [0, 0.1) is 11.3 Å². The zero-order chi connectivity index (χ0) is 22.9. The summed E-state index contributed by atoms with van der Waals surface area (Å²) >= 11 is 0. The lowest BCUT2D eigenvalue weighted by molar-refractivity contribution is -0.120. The molecule has 6 N–H and O–H groups in total. The van der Waals surface area contributed by atoms with Crippen molar-refractivity contribution >= 4 is 39.2 Å². The Labute approximate surface area is 193 Å². The Morgan fingerprint density at radius 1 is 0.970 bits per heavy atom. The molecule has 4 aromatic rings. The molecule has 3 aromatic carbocycles. The van der Waals surface area contributed by atoms with Gasteiger partial charge in [0.2, 0.25) is 5.91 Å². The van der Waals surface area contributed by atoms with E-state index in [1.165, 1.54) is 10.8 Å². The molecule has 1 aliphatic carbocycles. The van der Waals surface area contributed by atoms with Gasteiger partial charge in [0.05, 0.1) is 12.1 Å². The average molecular weight is 440 g/mol. The summed E-state index contributed by atoms with van der Waals surface area (Å²) in [6.07, 6.45) is 3.42. The number of benzene rings is 3. The summed E-state index contributed by atoms with van der Waals surface area (Å²) in [7, 11) is 0. The molecule has 0 aliphatic heterocycles. The molecule has 1 amide bonds. The fraction of sp³-hybridized carbons (Fsp3) is 0.259. The highest BCUT2D eigenvalue weighted by atomic mass is 16.2. The SMILES string of the molecule is N=C(N)c1ccc2cc(NC(=O)[C@H]3CC[C@H](N)CC3)n(Cc3cccc4ccccc34)c2c1. The summed E-state index contributed by atoms with van der Waals surface area (Å²) in [6, 6.07) is 22.6.